The highest BCUT2D eigenvalue weighted by Gasteiger charge is 2.28. The number of rotatable bonds is 4. The van der Waals surface area contributed by atoms with E-state index < -0.39 is 0 Å². The second-order valence-corrected chi connectivity index (χ2v) is 6.10. The van der Waals surface area contributed by atoms with E-state index in [0.717, 1.165) is 18.7 Å². The maximum atomic E-state index is 12.5. The number of fused-ring (bicyclic) bond motifs is 1. The fraction of sp³-hybridized carbons (Fsp3) is 0.533. The van der Waals surface area contributed by atoms with Gasteiger partial charge in [-0.2, -0.15) is 11.8 Å². The second kappa shape index (κ2) is 6.33. The van der Waals surface area contributed by atoms with Gasteiger partial charge in [-0.25, -0.2) is 0 Å². The highest BCUT2D eigenvalue weighted by atomic mass is 32.2. The monoisotopic (exact) mass is 278 g/mol. The lowest BCUT2D eigenvalue weighted by Crippen LogP contribution is -2.44. The van der Waals surface area contributed by atoms with Crippen molar-refractivity contribution in [1.82, 2.24) is 4.90 Å². The molecule has 0 aromatic heterocycles. The second-order valence-electron chi connectivity index (χ2n) is 5.19. The van der Waals surface area contributed by atoms with Crippen LogP contribution in [0.15, 0.2) is 24.3 Å². The number of carbonyl (C=O) groups is 1. The lowest BCUT2D eigenvalue weighted by molar-refractivity contribution is -0.135. The average molecular weight is 278 g/mol. The summed E-state index contributed by atoms with van der Waals surface area (Å²) < 4.78 is 0. The molecule has 0 radical (unpaired) electrons. The topological polar surface area (TPSA) is 32.3 Å². The molecule has 2 rings (SSSR count). The number of thioether (sulfide) groups is 1. The number of para-hydroxylation sites is 1. The van der Waals surface area contributed by atoms with Crippen LogP contribution in [0.25, 0.3) is 0 Å². The van der Waals surface area contributed by atoms with Gasteiger partial charge < -0.3 is 10.2 Å². The first-order valence-electron chi connectivity index (χ1n) is 6.71. The standard InChI is InChI=1S/C15H22N2OS/c1-11(10-19-3)17(2)15(18)13-8-12-6-4-5-7-14(12)16-9-13/h4-7,11,13,16H,8-10H2,1-3H3. The number of benzene rings is 1. The van der Waals surface area contributed by atoms with Gasteiger partial charge in [0.15, 0.2) is 0 Å². The molecule has 104 valence electrons. The molecular formula is C15H22N2OS. The van der Waals surface area contributed by atoms with Crippen LogP contribution in [0, 0.1) is 5.92 Å². The summed E-state index contributed by atoms with van der Waals surface area (Å²) in [5, 5.41) is 3.37. The van der Waals surface area contributed by atoms with Crippen LogP contribution >= 0.6 is 11.8 Å². The van der Waals surface area contributed by atoms with Crippen molar-refractivity contribution in [3.05, 3.63) is 29.8 Å². The van der Waals surface area contributed by atoms with Crippen LogP contribution in [0.5, 0.6) is 0 Å². The number of anilines is 1. The lowest BCUT2D eigenvalue weighted by Gasteiger charge is -2.31. The molecule has 1 aliphatic heterocycles. The molecule has 4 heteroatoms. The summed E-state index contributed by atoms with van der Waals surface area (Å²) in [4.78, 5) is 14.4. The van der Waals surface area contributed by atoms with Crippen LogP contribution in [0.3, 0.4) is 0 Å². The van der Waals surface area contributed by atoms with Crippen LogP contribution in [0.2, 0.25) is 0 Å². The normalized spacial score (nSPS) is 19.2. The minimum Gasteiger partial charge on any atom is -0.384 e. The molecule has 1 aromatic carbocycles. The Morgan fingerprint density at radius 1 is 1.53 bits per heavy atom. The predicted octanol–water partition coefficient (Wildman–Crippen LogP) is 2.48. The molecule has 0 saturated heterocycles. The molecule has 1 aliphatic rings. The van der Waals surface area contributed by atoms with E-state index in [-0.39, 0.29) is 11.8 Å². The van der Waals surface area contributed by atoms with Crippen molar-refractivity contribution in [1.29, 1.82) is 0 Å². The summed E-state index contributed by atoms with van der Waals surface area (Å²) in [6.07, 6.45) is 2.92. The summed E-state index contributed by atoms with van der Waals surface area (Å²) in [6, 6.07) is 8.54. The Hall–Kier alpha value is -1.16. The van der Waals surface area contributed by atoms with E-state index in [1.165, 1.54) is 11.3 Å². The third kappa shape index (κ3) is 3.24. The Labute approximate surface area is 119 Å². The molecule has 0 fully saturated rings. The number of amides is 1. The van der Waals surface area contributed by atoms with E-state index >= 15 is 0 Å². The van der Waals surface area contributed by atoms with Crippen molar-refractivity contribution < 1.29 is 4.79 Å². The van der Waals surface area contributed by atoms with Crippen molar-refractivity contribution in [3.8, 4) is 0 Å². The molecule has 0 saturated carbocycles. The van der Waals surface area contributed by atoms with E-state index in [1.807, 2.05) is 24.1 Å². The van der Waals surface area contributed by atoms with Crippen LogP contribution in [0.1, 0.15) is 12.5 Å². The van der Waals surface area contributed by atoms with Gasteiger partial charge in [0.25, 0.3) is 0 Å². The van der Waals surface area contributed by atoms with Crippen LogP contribution < -0.4 is 5.32 Å². The Kier molecular flexibility index (Phi) is 4.75. The maximum absolute atomic E-state index is 12.5. The Bertz CT molecular complexity index is 450. The van der Waals surface area contributed by atoms with E-state index in [2.05, 4.69) is 30.6 Å². The lowest BCUT2D eigenvalue weighted by atomic mass is 9.92. The van der Waals surface area contributed by atoms with Gasteiger partial charge in [-0.3, -0.25) is 4.79 Å². The van der Waals surface area contributed by atoms with Crippen molar-refractivity contribution in [2.45, 2.75) is 19.4 Å². The Morgan fingerprint density at radius 2 is 2.26 bits per heavy atom. The first-order chi connectivity index (χ1) is 9.13. The largest absolute Gasteiger partial charge is 0.384 e. The summed E-state index contributed by atoms with van der Waals surface area (Å²) >= 11 is 1.78. The highest BCUT2D eigenvalue weighted by molar-refractivity contribution is 7.98. The van der Waals surface area contributed by atoms with Crippen LogP contribution in [-0.4, -0.2) is 42.4 Å². The molecular weight excluding hydrogens is 256 g/mol. The van der Waals surface area contributed by atoms with Gasteiger partial charge in [-0.05, 0) is 31.2 Å². The van der Waals surface area contributed by atoms with E-state index in [1.54, 1.807) is 11.8 Å². The van der Waals surface area contributed by atoms with Crippen LogP contribution in [-0.2, 0) is 11.2 Å². The van der Waals surface area contributed by atoms with Gasteiger partial charge in [-0.1, -0.05) is 18.2 Å². The molecule has 0 bridgehead atoms. The minimum absolute atomic E-state index is 0.0595. The van der Waals surface area contributed by atoms with Gasteiger partial charge in [0.2, 0.25) is 5.91 Å². The summed E-state index contributed by atoms with van der Waals surface area (Å²) in [7, 11) is 1.92. The van der Waals surface area contributed by atoms with Gasteiger partial charge in [0.1, 0.15) is 0 Å². The molecule has 19 heavy (non-hydrogen) atoms. The summed E-state index contributed by atoms with van der Waals surface area (Å²) in [5.74, 6) is 1.30. The average Bonchev–Trinajstić information content (AvgIpc) is 2.45. The molecule has 3 nitrogen and oxygen atoms in total. The van der Waals surface area contributed by atoms with E-state index in [9.17, 15) is 4.79 Å². The molecule has 0 spiro atoms. The number of nitrogens with zero attached hydrogens (tertiary/aromatic N) is 1. The number of hydrogen-bond donors (Lipinski definition) is 1. The smallest absolute Gasteiger partial charge is 0.227 e. The first-order valence-corrected chi connectivity index (χ1v) is 8.10. The summed E-state index contributed by atoms with van der Waals surface area (Å²) in [5.41, 5.74) is 2.42. The third-order valence-electron chi connectivity index (χ3n) is 3.79. The highest BCUT2D eigenvalue weighted by Crippen LogP contribution is 2.25. The molecule has 1 heterocycles. The van der Waals surface area contributed by atoms with Crippen molar-refractivity contribution in [2.24, 2.45) is 5.92 Å². The Morgan fingerprint density at radius 3 is 3.00 bits per heavy atom. The van der Waals surface area contributed by atoms with Crippen molar-refractivity contribution in [2.75, 3.05) is 30.9 Å². The third-order valence-corrected chi connectivity index (χ3v) is 4.60. The molecule has 1 aromatic rings. The van der Waals surface area contributed by atoms with Crippen molar-refractivity contribution in [3.63, 3.8) is 0 Å². The molecule has 2 unspecified atom stereocenters. The Balaban J connectivity index is 2.02. The number of nitrogens with one attached hydrogen (secondary N) is 1. The van der Waals surface area contributed by atoms with E-state index in [4.69, 9.17) is 0 Å². The minimum atomic E-state index is 0.0595. The molecule has 2 atom stereocenters. The first kappa shape index (κ1) is 14.3. The zero-order valence-corrected chi connectivity index (χ0v) is 12.7. The maximum Gasteiger partial charge on any atom is 0.227 e. The fourth-order valence-corrected chi connectivity index (χ4v) is 3.18. The fourth-order valence-electron chi connectivity index (χ4n) is 2.47. The quantitative estimate of drug-likeness (QED) is 0.918. The van der Waals surface area contributed by atoms with Gasteiger partial charge in [-0.15, -0.1) is 0 Å². The number of carbonyl (C=O) groups excluding carboxylic acids is 1. The van der Waals surface area contributed by atoms with Crippen molar-refractivity contribution >= 4 is 23.4 Å². The molecule has 1 N–H and O–H groups in total. The molecule has 0 aliphatic carbocycles. The zero-order valence-electron chi connectivity index (χ0n) is 11.8. The van der Waals surface area contributed by atoms with Gasteiger partial charge in [0.05, 0.1) is 5.92 Å². The SMILES string of the molecule is CSCC(C)N(C)C(=O)C1CNc2ccccc2C1. The zero-order chi connectivity index (χ0) is 13.8. The van der Waals surface area contributed by atoms with Gasteiger partial charge in [0, 0.05) is 31.1 Å². The number of hydrogen-bond acceptors (Lipinski definition) is 3. The van der Waals surface area contributed by atoms with Gasteiger partial charge >= 0.3 is 0 Å². The molecule has 1 amide bonds. The van der Waals surface area contributed by atoms with E-state index in [0.29, 0.717) is 6.04 Å². The summed E-state index contributed by atoms with van der Waals surface area (Å²) in [6.45, 7) is 2.85. The predicted molar refractivity (Wildman–Crippen MR) is 82.7 cm³/mol. The van der Waals surface area contributed by atoms with Crippen LogP contribution in [0.4, 0.5) is 5.69 Å².